The van der Waals surface area contributed by atoms with Gasteiger partial charge in [-0.3, -0.25) is 0 Å². The predicted molar refractivity (Wildman–Crippen MR) is 57.4 cm³/mol. The summed E-state index contributed by atoms with van der Waals surface area (Å²) in [6.45, 7) is 0. The predicted octanol–water partition coefficient (Wildman–Crippen LogP) is -0.715. The van der Waals surface area contributed by atoms with Crippen molar-refractivity contribution in [1.29, 1.82) is 0 Å². The second-order valence-electron chi connectivity index (χ2n) is 2.61. The first-order valence-corrected chi connectivity index (χ1v) is 3.87. The van der Waals surface area contributed by atoms with Crippen LogP contribution >= 0.6 is 0 Å². The first kappa shape index (κ1) is 12.5. The fraction of sp³-hybridized carbons (Fsp3) is 0. The summed E-state index contributed by atoms with van der Waals surface area (Å²) in [4.78, 5) is 0. The molecule has 0 atom stereocenters. The van der Waals surface area contributed by atoms with Gasteiger partial charge in [-0.05, 0) is 11.5 Å². The van der Waals surface area contributed by atoms with Crippen molar-refractivity contribution in [1.82, 2.24) is 0 Å². The molecule has 2 rings (SSSR count). The van der Waals surface area contributed by atoms with E-state index in [-0.39, 0.29) is 11.0 Å². The van der Waals surface area contributed by atoms with Crippen LogP contribution in [0.4, 0.5) is 0 Å². The molecule has 0 amide bonds. The molecule has 0 spiro atoms. The molecule has 1 heterocycles. The quantitative estimate of drug-likeness (QED) is 0.577. The van der Waals surface area contributed by atoms with Gasteiger partial charge >= 0.3 is 0 Å². The molecule has 1 radical (unpaired) electrons. The van der Waals surface area contributed by atoms with Gasteiger partial charge < -0.3 is 15.4 Å². The maximum Gasteiger partial charge on any atom is 0.195 e. The van der Waals surface area contributed by atoms with E-state index in [1.807, 2.05) is 24.3 Å². The Balaban J connectivity index is 0.000000845. The highest BCUT2D eigenvalue weighted by Crippen LogP contribution is 1.84. The van der Waals surface area contributed by atoms with Crippen molar-refractivity contribution in [2.45, 2.75) is 0 Å². The Bertz CT molecular complexity index is 332. The van der Waals surface area contributed by atoms with Gasteiger partial charge in [0.05, 0.1) is 12.5 Å². The van der Waals surface area contributed by atoms with E-state index in [0.29, 0.717) is 0 Å². The van der Waals surface area contributed by atoms with Gasteiger partial charge in [-0.15, -0.1) is 0 Å². The summed E-state index contributed by atoms with van der Waals surface area (Å²) >= 11 is 0. The van der Waals surface area contributed by atoms with Crippen molar-refractivity contribution >= 4 is 18.2 Å². The molecule has 0 aliphatic rings. The molecule has 2 aromatic rings. The van der Waals surface area contributed by atoms with E-state index >= 15 is 0 Å². The number of benzene rings is 1. The fourth-order valence-electron chi connectivity index (χ4n) is 1.10. The summed E-state index contributed by atoms with van der Waals surface area (Å²) < 4.78 is 4.96. The van der Waals surface area contributed by atoms with Crippen molar-refractivity contribution in [3.8, 4) is 0 Å². The van der Waals surface area contributed by atoms with E-state index in [1.54, 1.807) is 12.5 Å². The van der Waals surface area contributed by atoms with E-state index < -0.39 is 0 Å². The summed E-state index contributed by atoms with van der Waals surface area (Å²) in [6.07, 6.45) is 3.40. The molecule has 0 unspecified atom stereocenters. The Labute approximate surface area is 83.2 Å². The smallest absolute Gasteiger partial charge is 0.195 e. The normalized spacial score (nSPS) is 8.29. The average molecular weight is 191 g/mol. The van der Waals surface area contributed by atoms with Gasteiger partial charge in [-0.25, -0.2) is 0 Å². The summed E-state index contributed by atoms with van der Waals surface area (Å²) in [5, 5.41) is 0. The van der Waals surface area contributed by atoms with Crippen LogP contribution in [0.15, 0.2) is 53.3 Å². The Morgan fingerprint density at radius 3 is 2.14 bits per heavy atom. The molecule has 0 fully saturated rings. The van der Waals surface area contributed by atoms with Crippen LogP contribution in [0.3, 0.4) is 0 Å². The molecule has 0 aliphatic heterocycles. The molecule has 0 bridgehead atoms. The third kappa shape index (κ3) is 3.09. The van der Waals surface area contributed by atoms with E-state index in [4.69, 9.17) is 4.42 Å². The van der Waals surface area contributed by atoms with Crippen LogP contribution in [0.2, 0.25) is 0 Å². The average Bonchev–Trinajstić information content (AvgIpc) is 2.59. The zero-order valence-electron chi connectivity index (χ0n) is 7.60. The third-order valence-electron chi connectivity index (χ3n) is 1.68. The van der Waals surface area contributed by atoms with Crippen LogP contribution in [-0.2, 0) is 0 Å². The molecule has 14 heavy (non-hydrogen) atoms. The lowest BCUT2D eigenvalue weighted by Crippen LogP contribution is -2.25. The molecular weight excluding hydrogens is 179 g/mol. The highest BCUT2D eigenvalue weighted by Gasteiger charge is 1.97. The lowest BCUT2D eigenvalue weighted by molar-refractivity contribution is 0.569. The van der Waals surface area contributed by atoms with Crippen molar-refractivity contribution < 1.29 is 15.4 Å². The molecular formula is C10H12BO3. The SMILES string of the molecule is O.O.[B](c1ccccc1)c1ccoc1. The highest BCUT2D eigenvalue weighted by molar-refractivity contribution is 6.67. The minimum atomic E-state index is 0. The maximum absolute atomic E-state index is 4.96. The Morgan fingerprint density at radius 2 is 1.57 bits per heavy atom. The first-order chi connectivity index (χ1) is 5.95. The van der Waals surface area contributed by atoms with Crippen molar-refractivity contribution in [2.75, 3.05) is 0 Å². The van der Waals surface area contributed by atoms with Gasteiger partial charge in [-0.2, -0.15) is 0 Å². The third-order valence-corrected chi connectivity index (χ3v) is 1.68. The van der Waals surface area contributed by atoms with E-state index in [2.05, 4.69) is 19.4 Å². The van der Waals surface area contributed by atoms with Crippen molar-refractivity contribution in [3.63, 3.8) is 0 Å². The second-order valence-corrected chi connectivity index (χ2v) is 2.61. The van der Waals surface area contributed by atoms with Gasteiger partial charge in [0, 0.05) is 0 Å². The lowest BCUT2D eigenvalue weighted by Gasteiger charge is -1.93. The van der Waals surface area contributed by atoms with E-state index in [9.17, 15) is 0 Å². The van der Waals surface area contributed by atoms with Crippen LogP contribution < -0.4 is 10.9 Å². The highest BCUT2D eigenvalue weighted by atomic mass is 16.3. The standard InChI is InChI=1S/C10H8BO.2H2O/c1-2-4-9(5-3-1)11-10-6-7-12-8-10;;/h1-8H;2*1H2. The van der Waals surface area contributed by atoms with Crippen LogP contribution in [0.5, 0.6) is 0 Å². The van der Waals surface area contributed by atoms with Crippen LogP contribution in [-0.4, -0.2) is 18.2 Å². The second kappa shape index (κ2) is 6.02. The maximum atomic E-state index is 4.96. The zero-order valence-corrected chi connectivity index (χ0v) is 7.60. The Morgan fingerprint density at radius 1 is 0.857 bits per heavy atom. The van der Waals surface area contributed by atoms with Crippen LogP contribution in [0.1, 0.15) is 0 Å². The molecule has 4 N–H and O–H groups in total. The fourth-order valence-corrected chi connectivity index (χ4v) is 1.10. The van der Waals surface area contributed by atoms with Gasteiger partial charge in [-0.1, -0.05) is 35.8 Å². The summed E-state index contributed by atoms with van der Waals surface area (Å²) in [5.41, 5.74) is 2.29. The molecule has 73 valence electrons. The molecule has 1 aromatic heterocycles. The minimum absolute atomic E-state index is 0. The monoisotopic (exact) mass is 191 g/mol. The largest absolute Gasteiger partial charge is 0.473 e. The lowest BCUT2D eigenvalue weighted by atomic mass is 9.65. The number of hydrogen-bond acceptors (Lipinski definition) is 1. The Hall–Kier alpha value is -1.52. The van der Waals surface area contributed by atoms with E-state index in [1.165, 1.54) is 5.46 Å². The molecule has 0 saturated carbocycles. The van der Waals surface area contributed by atoms with Gasteiger partial charge in [0.2, 0.25) is 0 Å². The summed E-state index contributed by atoms with van der Waals surface area (Å²) in [5.74, 6) is 0. The van der Waals surface area contributed by atoms with Crippen molar-refractivity contribution in [2.24, 2.45) is 0 Å². The minimum Gasteiger partial charge on any atom is -0.473 e. The summed E-state index contributed by atoms with van der Waals surface area (Å²) in [7, 11) is 2.07. The molecule has 1 aromatic carbocycles. The number of rotatable bonds is 2. The van der Waals surface area contributed by atoms with Crippen LogP contribution in [0, 0.1) is 0 Å². The van der Waals surface area contributed by atoms with Crippen molar-refractivity contribution in [3.05, 3.63) is 48.9 Å². The van der Waals surface area contributed by atoms with Gasteiger partial charge in [0.15, 0.2) is 7.28 Å². The molecule has 3 nitrogen and oxygen atoms in total. The number of hydrogen-bond donors (Lipinski definition) is 0. The summed E-state index contributed by atoms with van der Waals surface area (Å²) in [6, 6.07) is 12.1. The van der Waals surface area contributed by atoms with Gasteiger partial charge in [0.1, 0.15) is 0 Å². The zero-order chi connectivity index (χ0) is 8.23. The van der Waals surface area contributed by atoms with E-state index in [0.717, 1.165) is 5.46 Å². The number of furan rings is 1. The topological polar surface area (TPSA) is 76.1 Å². The first-order valence-electron chi connectivity index (χ1n) is 3.87. The Kier molecular flexibility index (Phi) is 5.37. The molecule has 0 aliphatic carbocycles. The van der Waals surface area contributed by atoms with Gasteiger partial charge in [0.25, 0.3) is 0 Å². The molecule has 0 saturated heterocycles. The molecule has 4 heteroatoms. The van der Waals surface area contributed by atoms with Crippen LogP contribution in [0.25, 0.3) is 0 Å².